The molecular formula is C14H23NO. The molecule has 2 N–H and O–H groups in total. The predicted molar refractivity (Wildman–Crippen MR) is 69.3 cm³/mol. The maximum absolute atomic E-state index is 8.76. The van der Waals surface area contributed by atoms with Gasteiger partial charge in [0.15, 0.2) is 0 Å². The second-order valence-corrected chi connectivity index (χ2v) is 4.61. The highest BCUT2D eigenvalue weighted by atomic mass is 16.3. The van der Waals surface area contributed by atoms with Crippen LogP contribution in [0.15, 0.2) is 37.0 Å². The van der Waals surface area contributed by atoms with Crippen LogP contribution in [0.2, 0.25) is 0 Å². The third-order valence-corrected chi connectivity index (χ3v) is 3.17. The molecule has 2 rings (SSSR count). The van der Waals surface area contributed by atoms with Crippen molar-refractivity contribution in [3.8, 4) is 0 Å². The lowest BCUT2D eigenvalue weighted by Crippen LogP contribution is -2.24. The van der Waals surface area contributed by atoms with Crippen LogP contribution in [-0.4, -0.2) is 24.3 Å². The monoisotopic (exact) mass is 221 g/mol. The Bertz CT molecular complexity index is 264. The first kappa shape index (κ1) is 13.2. The largest absolute Gasteiger partial charge is 0.395 e. The van der Waals surface area contributed by atoms with Crippen LogP contribution in [0.3, 0.4) is 0 Å². The molecule has 1 aliphatic heterocycles. The number of allylic oxidation sites excluding steroid dienone is 5. The normalized spacial score (nSPS) is 26.0. The predicted octanol–water partition coefficient (Wildman–Crippen LogP) is 2.43. The Balaban J connectivity index is 0.000000168. The standard InChI is InChI=1S/C7H13NO.C7H10/c9-4-6-3-7(1-2-7)5-8-6;1-3-5-7-6-4-2/h6,8-9H,1-5H2;3-7H,1H2,2H3/b;6-4-,7-5-. The summed E-state index contributed by atoms with van der Waals surface area (Å²) in [5.41, 5.74) is 0.646. The van der Waals surface area contributed by atoms with Crippen LogP contribution < -0.4 is 5.32 Å². The Hall–Kier alpha value is -0.860. The molecule has 90 valence electrons. The molecule has 0 aromatic heterocycles. The van der Waals surface area contributed by atoms with Crippen LogP contribution in [0.1, 0.15) is 26.2 Å². The number of aliphatic hydroxyl groups is 1. The molecule has 0 radical (unpaired) electrons. The SMILES string of the molecule is C=C/C=C\C=C/C.OCC1CC2(CC2)CN1. The first-order chi connectivity index (χ1) is 7.76. The Morgan fingerprint density at radius 1 is 1.38 bits per heavy atom. The molecule has 2 fully saturated rings. The molecule has 1 unspecified atom stereocenters. The number of aliphatic hydroxyl groups excluding tert-OH is 1. The molecule has 2 heteroatoms. The number of nitrogens with one attached hydrogen (secondary N) is 1. The Labute approximate surface area is 98.8 Å². The molecule has 1 spiro atoms. The summed E-state index contributed by atoms with van der Waals surface area (Å²) in [6.45, 7) is 6.96. The highest BCUT2D eigenvalue weighted by Gasteiger charge is 2.47. The second-order valence-electron chi connectivity index (χ2n) is 4.61. The molecule has 0 amide bonds. The quantitative estimate of drug-likeness (QED) is 0.717. The third kappa shape index (κ3) is 4.33. The van der Waals surface area contributed by atoms with Gasteiger partial charge in [-0.05, 0) is 31.6 Å². The van der Waals surface area contributed by atoms with Crippen molar-refractivity contribution >= 4 is 0 Å². The minimum absolute atomic E-state index is 0.321. The minimum Gasteiger partial charge on any atom is -0.395 e. The van der Waals surface area contributed by atoms with E-state index in [0.29, 0.717) is 18.1 Å². The lowest BCUT2D eigenvalue weighted by atomic mass is 10.0. The average Bonchev–Trinajstić information content (AvgIpc) is 2.91. The van der Waals surface area contributed by atoms with Crippen molar-refractivity contribution in [1.29, 1.82) is 0 Å². The van der Waals surface area contributed by atoms with Gasteiger partial charge < -0.3 is 10.4 Å². The van der Waals surface area contributed by atoms with Gasteiger partial charge >= 0.3 is 0 Å². The van der Waals surface area contributed by atoms with Gasteiger partial charge in [0.05, 0.1) is 6.61 Å². The van der Waals surface area contributed by atoms with E-state index in [0.717, 1.165) is 6.54 Å². The first-order valence-corrected chi connectivity index (χ1v) is 6.01. The van der Waals surface area contributed by atoms with Gasteiger partial charge in [-0.15, -0.1) is 0 Å². The molecule has 1 saturated heterocycles. The van der Waals surface area contributed by atoms with Crippen LogP contribution in [0.25, 0.3) is 0 Å². The van der Waals surface area contributed by atoms with Gasteiger partial charge in [-0.1, -0.05) is 37.0 Å². The van der Waals surface area contributed by atoms with Crippen molar-refractivity contribution < 1.29 is 5.11 Å². The highest BCUT2D eigenvalue weighted by Crippen LogP contribution is 2.51. The van der Waals surface area contributed by atoms with Crippen molar-refractivity contribution in [2.24, 2.45) is 5.41 Å². The van der Waals surface area contributed by atoms with Crippen molar-refractivity contribution in [3.63, 3.8) is 0 Å². The first-order valence-electron chi connectivity index (χ1n) is 6.01. The van der Waals surface area contributed by atoms with Gasteiger partial charge in [0.2, 0.25) is 0 Å². The molecule has 0 aromatic rings. The summed E-state index contributed by atoms with van der Waals surface area (Å²) >= 11 is 0. The fourth-order valence-electron chi connectivity index (χ4n) is 1.97. The smallest absolute Gasteiger partial charge is 0.0584 e. The van der Waals surface area contributed by atoms with Gasteiger partial charge in [-0.3, -0.25) is 0 Å². The number of hydrogen-bond donors (Lipinski definition) is 2. The van der Waals surface area contributed by atoms with Gasteiger partial charge in [0, 0.05) is 12.6 Å². The average molecular weight is 221 g/mol. The molecule has 1 aliphatic carbocycles. The van der Waals surface area contributed by atoms with Crippen molar-refractivity contribution in [2.75, 3.05) is 13.2 Å². The van der Waals surface area contributed by atoms with Gasteiger partial charge in [-0.25, -0.2) is 0 Å². The molecule has 0 aromatic carbocycles. The van der Waals surface area contributed by atoms with E-state index in [1.807, 2.05) is 31.2 Å². The molecule has 16 heavy (non-hydrogen) atoms. The fourth-order valence-corrected chi connectivity index (χ4v) is 1.97. The van der Waals surface area contributed by atoms with E-state index in [1.165, 1.54) is 19.3 Å². The molecule has 1 atom stereocenters. The summed E-state index contributed by atoms with van der Waals surface area (Å²) in [4.78, 5) is 0. The zero-order chi connectivity index (χ0) is 11.9. The zero-order valence-corrected chi connectivity index (χ0v) is 10.2. The Morgan fingerprint density at radius 3 is 2.50 bits per heavy atom. The summed E-state index contributed by atoms with van der Waals surface area (Å²) in [5, 5.41) is 12.1. The van der Waals surface area contributed by atoms with Crippen LogP contribution in [0.4, 0.5) is 0 Å². The molecule has 1 heterocycles. The topological polar surface area (TPSA) is 32.3 Å². The third-order valence-electron chi connectivity index (χ3n) is 3.17. The van der Waals surface area contributed by atoms with E-state index in [1.54, 1.807) is 6.08 Å². The van der Waals surface area contributed by atoms with E-state index in [-0.39, 0.29) is 0 Å². The van der Waals surface area contributed by atoms with Gasteiger partial charge in [0.25, 0.3) is 0 Å². The number of rotatable bonds is 3. The summed E-state index contributed by atoms with van der Waals surface area (Å²) in [6.07, 6.45) is 13.5. The molecule has 2 nitrogen and oxygen atoms in total. The maximum Gasteiger partial charge on any atom is 0.0584 e. The van der Waals surface area contributed by atoms with Crippen molar-refractivity contribution in [1.82, 2.24) is 5.32 Å². The summed E-state index contributed by atoms with van der Waals surface area (Å²) in [7, 11) is 0. The lowest BCUT2D eigenvalue weighted by Gasteiger charge is -2.03. The van der Waals surface area contributed by atoms with Crippen LogP contribution in [0.5, 0.6) is 0 Å². The Kier molecular flexibility index (Phi) is 5.50. The zero-order valence-electron chi connectivity index (χ0n) is 10.2. The van der Waals surface area contributed by atoms with Crippen LogP contribution in [-0.2, 0) is 0 Å². The fraction of sp³-hybridized carbons (Fsp3) is 0.571. The highest BCUT2D eigenvalue weighted by molar-refractivity contribution is 5.07. The van der Waals surface area contributed by atoms with Gasteiger partial charge in [-0.2, -0.15) is 0 Å². The molecule has 1 saturated carbocycles. The van der Waals surface area contributed by atoms with E-state index in [2.05, 4.69) is 11.9 Å². The summed E-state index contributed by atoms with van der Waals surface area (Å²) < 4.78 is 0. The van der Waals surface area contributed by atoms with Crippen molar-refractivity contribution in [3.05, 3.63) is 37.0 Å². The molecular weight excluding hydrogens is 198 g/mol. The second kappa shape index (κ2) is 6.66. The lowest BCUT2D eigenvalue weighted by molar-refractivity contribution is 0.252. The van der Waals surface area contributed by atoms with E-state index >= 15 is 0 Å². The van der Waals surface area contributed by atoms with Gasteiger partial charge in [0.1, 0.15) is 0 Å². The maximum atomic E-state index is 8.76. The summed E-state index contributed by atoms with van der Waals surface area (Å²) in [5.74, 6) is 0. The number of hydrogen-bond acceptors (Lipinski definition) is 2. The van der Waals surface area contributed by atoms with E-state index in [4.69, 9.17) is 5.11 Å². The molecule has 2 aliphatic rings. The van der Waals surface area contributed by atoms with Crippen LogP contribution >= 0.6 is 0 Å². The van der Waals surface area contributed by atoms with E-state index < -0.39 is 0 Å². The summed E-state index contributed by atoms with van der Waals surface area (Å²) in [6, 6.07) is 0.410. The molecule has 0 bridgehead atoms. The minimum atomic E-state index is 0.321. The van der Waals surface area contributed by atoms with Crippen LogP contribution in [0, 0.1) is 5.41 Å². The van der Waals surface area contributed by atoms with Crippen molar-refractivity contribution in [2.45, 2.75) is 32.2 Å². The van der Waals surface area contributed by atoms with E-state index in [9.17, 15) is 0 Å². The Morgan fingerprint density at radius 2 is 2.12 bits per heavy atom.